The summed E-state index contributed by atoms with van der Waals surface area (Å²) in [5.41, 5.74) is 1.96. The molecule has 0 aliphatic carbocycles. The third kappa shape index (κ3) is 3.97. The van der Waals surface area contributed by atoms with Gasteiger partial charge in [-0.25, -0.2) is 4.79 Å². The molecule has 5 heteroatoms. The second-order valence-electron chi connectivity index (χ2n) is 6.56. The first-order chi connectivity index (χ1) is 9.76. The van der Waals surface area contributed by atoms with Crippen molar-refractivity contribution in [3.05, 3.63) is 29.8 Å². The number of carbonyl (C=O) groups excluding carboxylic acids is 2. The van der Waals surface area contributed by atoms with E-state index in [0.717, 1.165) is 12.1 Å². The minimum Gasteiger partial charge on any atom is -0.359 e. The smallest absolute Gasteiger partial charge is 0.321 e. The van der Waals surface area contributed by atoms with Crippen LogP contribution in [0.1, 0.15) is 33.3 Å². The van der Waals surface area contributed by atoms with Crippen LogP contribution in [0.2, 0.25) is 0 Å². The van der Waals surface area contributed by atoms with Gasteiger partial charge in [-0.05, 0) is 45.7 Å². The first-order valence-electron chi connectivity index (χ1n) is 7.23. The molecule has 114 valence electrons. The molecule has 0 saturated carbocycles. The summed E-state index contributed by atoms with van der Waals surface area (Å²) >= 11 is 0. The van der Waals surface area contributed by atoms with Crippen LogP contribution in [-0.2, 0) is 11.2 Å². The second kappa shape index (κ2) is 5.76. The normalized spacial score (nSPS) is 17.3. The van der Waals surface area contributed by atoms with Gasteiger partial charge in [0.05, 0.1) is 6.54 Å². The molecule has 1 aromatic carbocycles. The molecule has 5 nitrogen and oxygen atoms in total. The van der Waals surface area contributed by atoms with Gasteiger partial charge in [0.2, 0.25) is 5.91 Å². The quantitative estimate of drug-likeness (QED) is 0.876. The summed E-state index contributed by atoms with van der Waals surface area (Å²) in [4.78, 5) is 25.8. The third-order valence-electron chi connectivity index (χ3n) is 3.40. The zero-order valence-electron chi connectivity index (χ0n) is 13.1. The number of urea groups is 1. The summed E-state index contributed by atoms with van der Waals surface area (Å²) in [6.45, 7) is 7.89. The molecule has 0 unspecified atom stereocenters. The summed E-state index contributed by atoms with van der Waals surface area (Å²) in [5, 5.41) is 5.10. The van der Waals surface area contributed by atoms with Gasteiger partial charge in [-0.1, -0.05) is 18.2 Å². The first kappa shape index (κ1) is 15.4. The lowest BCUT2D eigenvalue weighted by Crippen LogP contribution is -2.50. The minimum atomic E-state index is -0.451. The van der Waals surface area contributed by atoms with Crippen LogP contribution in [0.5, 0.6) is 0 Å². The fourth-order valence-corrected chi connectivity index (χ4v) is 2.56. The number of nitrogens with zero attached hydrogens (tertiary/aromatic N) is 1. The zero-order chi connectivity index (χ0) is 15.6. The topological polar surface area (TPSA) is 61.4 Å². The van der Waals surface area contributed by atoms with Gasteiger partial charge in [0.15, 0.2) is 0 Å². The molecular formula is C16H23N3O2. The van der Waals surface area contributed by atoms with Gasteiger partial charge in [0, 0.05) is 17.3 Å². The molecule has 0 aromatic heterocycles. The lowest BCUT2D eigenvalue weighted by atomic mass is 10.1. The number of carbonyl (C=O) groups is 2. The largest absolute Gasteiger partial charge is 0.359 e. The van der Waals surface area contributed by atoms with Crippen LogP contribution in [0.25, 0.3) is 0 Å². The third-order valence-corrected chi connectivity index (χ3v) is 3.40. The van der Waals surface area contributed by atoms with Crippen LogP contribution in [-0.4, -0.2) is 30.1 Å². The molecule has 0 radical (unpaired) electrons. The van der Waals surface area contributed by atoms with Crippen molar-refractivity contribution < 1.29 is 9.59 Å². The van der Waals surface area contributed by atoms with E-state index in [2.05, 4.69) is 23.6 Å². The number of imide groups is 1. The molecule has 1 aromatic rings. The van der Waals surface area contributed by atoms with Crippen molar-refractivity contribution in [2.75, 3.05) is 11.4 Å². The molecular weight excluding hydrogens is 266 g/mol. The maximum atomic E-state index is 12.0. The monoisotopic (exact) mass is 289 g/mol. The first-order valence-corrected chi connectivity index (χ1v) is 7.23. The molecule has 1 aliphatic rings. The Morgan fingerprint density at radius 1 is 1.29 bits per heavy atom. The van der Waals surface area contributed by atoms with Crippen molar-refractivity contribution in [2.24, 2.45) is 0 Å². The van der Waals surface area contributed by atoms with Crippen molar-refractivity contribution >= 4 is 17.6 Å². The van der Waals surface area contributed by atoms with Gasteiger partial charge in [-0.15, -0.1) is 0 Å². The summed E-state index contributed by atoms with van der Waals surface area (Å²) in [6.07, 6.45) is 0.928. The fourth-order valence-electron chi connectivity index (χ4n) is 2.56. The van der Waals surface area contributed by atoms with E-state index in [4.69, 9.17) is 0 Å². The fraction of sp³-hybridized carbons (Fsp3) is 0.500. The van der Waals surface area contributed by atoms with E-state index >= 15 is 0 Å². The Morgan fingerprint density at radius 3 is 2.62 bits per heavy atom. The Hall–Kier alpha value is -2.04. The van der Waals surface area contributed by atoms with E-state index in [-0.39, 0.29) is 24.0 Å². The van der Waals surface area contributed by atoms with Gasteiger partial charge < -0.3 is 10.2 Å². The minimum absolute atomic E-state index is 0.190. The van der Waals surface area contributed by atoms with E-state index in [1.54, 1.807) is 0 Å². The van der Waals surface area contributed by atoms with Gasteiger partial charge in [0.25, 0.3) is 0 Å². The predicted molar refractivity (Wildman–Crippen MR) is 83.4 cm³/mol. The number of nitrogens with one attached hydrogen (secondary N) is 2. The van der Waals surface area contributed by atoms with Gasteiger partial charge in [0.1, 0.15) is 0 Å². The highest BCUT2D eigenvalue weighted by molar-refractivity contribution is 5.97. The number of benzene rings is 1. The Morgan fingerprint density at radius 2 is 1.95 bits per heavy atom. The molecule has 2 N–H and O–H groups in total. The Bertz CT molecular complexity index is 549. The number of rotatable bonds is 2. The van der Waals surface area contributed by atoms with Crippen LogP contribution in [0.15, 0.2) is 24.3 Å². The molecule has 0 saturated heterocycles. The van der Waals surface area contributed by atoms with Gasteiger partial charge in [-0.3, -0.25) is 10.1 Å². The molecule has 21 heavy (non-hydrogen) atoms. The number of amides is 3. The maximum absolute atomic E-state index is 12.0. The van der Waals surface area contributed by atoms with E-state index in [1.165, 1.54) is 5.56 Å². The highest BCUT2D eigenvalue weighted by Gasteiger charge is 2.27. The highest BCUT2D eigenvalue weighted by Crippen LogP contribution is 2.31. The lowest BCUT2D eigenvalue weighted by molar-refractivity contribution is -0.118. The summed E-state index contributed by atoms with van der Waals surface area (Å²) < 4.78 is 0. The van der Waals surface area contributed by atoms with Crippen molar-refractivity contribution in [3.63, 3.8) is 0 Å². The van der Waals surface area contributed by atoms with Crippen LogP contribution >= 0.6 is 0 Å². The molecule has 0 fully saturated rings. The lowest BCUT2D eigenvalue weighted by Gasteiger charge is -2.25. The van der Waals surface area contributed by atoms with Crippen LogP contribution in [0.3, 0.4) is 0 Å². The van der Waals surface area contributed by atoms with E-state index < -0.39 is 6.03 Å². The molecule has 1 heterocycles. The van der Waals surface area contributed by atoms with Crippen molar-refractivity contribution in [3.8, 4) is 0 Å². The molecule has 0 bridgehead atoms. The maximum Gasteiger partial charge on any atom is 0.321 e. The second-order valence-corrected chi connectivity index (χ2v) is 6.56. The summed E-state index contributed by atoms with van der Waals surface area (Å²) in [7, 11) is 0. The van der Waals surface area contributed by atoms with Crippen LogP contribution in [0, 0.1) is 0 Å². The van der Waals surface area contributed by atoms with Crippen LogP contribution in [0.4, 0.5) is 10.5 Å². The van der Waals surface area contributed by atoms with Crippen molar-refractivity contribution in [2.45, 2.75) is 45.7 Å². The van der Waals surface area contributed by atoms with Crippen molar-refractivity contribution in [1.29, 1.82) is 0 Å². The molecule has 2 rings (SSSR count). The number of fused-ring (bicyclic) bond motifs is 1. The molecule has 1 aliphatic heterocycles. The number of para-hydroxylation sites is 1. The number of hydrogen-bond acceptors (Lipinski definition) is 3. The predicted octanol–water partition coefficient (Wildman–Crippen LogP) is 2.06. The highest BCUT2D eigenvalue weighted by atomic mass is 16.2. The van der Waals surface area contributed by atoms with Gasteiger partial charge in [-0.2, -0.15) is 0 Å². The summed E-state index contributed by atoms with van der Waals surface area (Å²) in [5.74, 6) is -0.291. The van der Waals surface area contributed by atoms with E-state index in [0.29, 0.717) is 0 Å². The molecule has 3 amide bonds. The van der Waals surface area contributed by atoms with E-state index in [9.17, 15) is 9.59 Å². The Kier molecular flexibility index (Phi) is 4.21. The average molecular weight is 289 g/mol. The number of hydrogen-bond donors (Lipinski definition) is 2. The van der Waals surface area contributed by atoms with Crippen LogP contribution < -0.4 is 15.5 Å². The number of anilines is 1. The average Bonchev–Trinajstić information content (AvgIpc) is 2.63. The van der Waals surface area contributed by atoms with Crippen molar-refractivity contribution in [1.82, 2.24) is 10.6 Å². The standard InChI is InChI=1S/C16H23N3O2/c1-11-9-12-7-5-6-8-13(12)19(11)10-14(20)17-15(21)18-16(2,3)4/h5-8,11H,9-10H2,1-4H3,(H2,17,18,20,21)/t11-/m1/s1. The zero-order valence-corrected chi connectivity index (χ0v) is 13.1. The molecule has 0 spiro atoms. The summed E-state index contributed by atoms with van der Waals surface area (Å²) in [6, 6.07) is 7.88. The SMILES string of the molecule is C[C@@H]1Cc2ccccc2N1CC(=O)NC(=O)NC(C)(C)C. The van der Waals surface area contributed by atoms with Gasteiger partial charge >= 0.3 is 6.03 Å². The van der Waals surface area contributed by atoms with E-state index in [1.807, 2.05) is 43.9 Å². The Labute approximate surface area is 125 Å². The Balaban J connectivity index is 1.96. The molecule has 1 atom stereocenters.